The molecule has 1 aliphatic carbocycles. The first-order chi connectivity index (χ1) is 18.1. The SMILES string of the molecule is CC.CN.O=Cc1ccc(Cl)cc1CC(=O)Nc1cc(NCc2cn3cc(C4CC4)ccc3n2)ncn1. The van der Waals surface area contributed by atoms with E-state index in [0.717, 1.165) is 11.3 Å². The second-order valence-corrected chi connectivity index (χ2v) is 8.50. The summed E-state index contributed by atoms with van der Waals surface area (Å²) in [5.41, 5.74) is 8.63. The first-order valence-electron chi connectivity index (χ1n) is 12.2. The van der Waals surface area contributed by atoms with Crippen LogP contribution in [0.5, 0.6) is 0 Å². The molecule has 3 heterocycles. The number of aromatic nitrogens is 4. The molecular weight excluding hydrogens is 490 g/mol. The lowest BCUT2D eigenvalue weighted by molar-refractivity contribution is -0.115. The molecule has 1 amide bonds. The molecular formula is C27H32ClN7O2. The van der Waals surface area contributed by atoms with Crippen molar-refractivity contribution in [3.05, 3.63) is 82.5 Å². The Labute approximate surface area is 221 Å². The minimum absolute atomic E-state index is 0.00545. The second kappa shape index (κ2) is 13.5. The van der Waals surface area contributed by atoms with Crippen LogP contribution in [-0.2, 0) is 17.8 Å². The highest BCUT2D eigenvalue weighted by Crippen LogP contribution is 2.39. The first kappa shape index (κ1) is 27.8. The minimum atomic E-state index is -0.308. The van der Waals surface area contributed by atoms with Crippen molar-refractivity contribution in [1.82, 2.24) is 19.4 Å². The van der Waals surface area contributed by atoms with Gasteiger partial charge in [0.1, 0.15) is 29.9 Å². The van der Waals surface area contributed by atoms with E-state index in [-0.39, 0.29) is 12.3 Å². The van der Waals surface area contributed by atoms with Gasteiger partial charge < -0.3 is 20.8 Å². The molecule has 0 saturated heterocycles. The smallest absolute Gasteiger partial charge is 0.229 e. The predicted molar refractivity (Wildman–Crippen MR) is 147 cm³/mol. The lowest BCUT2D eigenvalue weighted by atomic mass is 10.1. The highest BCUT2D eigenvalue weighted by atomic mass is 35.5. The third-order valence-electron chi connectivity index (χ3n) is 5.54. The molecule has 1 aromatic carbocycles. The lowest BCUT2D eigenvalue weighted by Gasteiger charge is -2.08. The van der Waals surface area contributed by atoms with Gasteiger partial charge in [0.15, 0.2) is 0 Å². The zero-order valence-electron chi connectivity index (χ0n) is 21.2. The van der Waals surface area contributed by atoms with E-state index in [1.54, 1.807) is 24.3 Å². The fraction of sp³-hybridized carbons (Fsp3) is 0.296. The van der Waals surface area contributed by atoms with E-state index in [2.05, 4.69) is 48.0 Å². The predicted octanol–water partition coefficient (Wildman–Crippen LogP) is 4.86. The van der Waals surface area contributed by atoms with Gasteiger partial charge >= 0.3 is 0 Å². The molecule has 9 nitrogen and oxygen atoms in total. The number of aldehydes is 1. The number of nitrogens with zero attached hydrogens (tertiary/aromatic N) is 4. The molecule has 0 atom stereocenters. The van der Waals surface area contributed by atoms with Crippen LogP contribution in [0.1, 0.15) is 59.8 Å². The highest BCUT2D eigenvalue weighted by molar-refractivity contribution is 6.30. The highest BCUT2D eigenvalue weighted by Gasteiger charge is 2.23. The van der Waals surface area contributed by atoms with Crippen molar-refractivity contribution in [2.24, 2.45) is 5.73 Å². The summed E-state index contributed by atoms with van der Waals surface area (Å²) in [6, 6.07) is 10.7. The molecule has 1 fully saturated rings. The summed E-state index contributed by atoms with van der Waals surface area (Å²) >= 11 is 5.99. The summed E-state index contributed by atoms with van der Waals surface area (Å²) in [6.07, 6.45) is 8.77. The van der Waals surface area contributed by atoms with Gasteiger partial charge in [-0.1, -0.05) is 31.5 Å². The summed E-state index contributed by atoms with van der Waals surface area (Å²) in [6.45, 7) is 4.48. The van der Waals surface area contributed by atoms with Crippen molar-refractivity contribution >= 4 is 41.1 Å². The number of nitrogens with two attached hydrogens (primary N) is 1. The fourth-order valence-corrected chi connectivity index (χ4v) is 3.91. The number of halogens is 1. The minimum Gasteiger partial charge on any atom is -0.364 e. The Balaban J connectivity index is 0.000000907. The number of anilines is 2. The third kappa shape index (κ3) is 7.58. The number of hydrogen-bond donors (Lipinski definition) is 3. The van der Waals surface area contributed by atoms with Gasteiger partial charge in [0.05, 0.1) is 18.7 Å². The fourth-order valence-electron chi connectivity index (χ4n) is 3.71. The lowest BCUT2D eigenvalue weighted by Crippen LogP contribution is -2.16. The van der Waals surface area contributed by atoms with Crippen LogP contribution >= 0.6 is 11.6 Å². The monoisotopic (exact) mass is 521 g/mol. The summed E-state index contributed by atoms with van der Waals surface area (Å²) in [5, 5.41) is 6.42. The Morgan fingerprint density at radius 1 is 1.11 bits per heavy atom. The van der Waals surface area contributed by atoms with Gasteiger partial charge in [0, 0.05) is 29.0 Å². The van der Waals surface area contributed by atoms with Crippen molar-refractivity contribution in [3.8, 4) is 0 Å². The first-order valence-corrected chi connectivity index (χ1v) is 12.6. The molecule has 3 aromatic heterocycles. The molecule has 4 N–H and O–H groups in total. The summed E-state index contributed by atoms with van der Waals surface area (Å²) in [7, 11) is 1.50. The summed E-state index contributed by atoms with van der Waals surface area (Å²) in [5.74, 6) is 1.30. The average Bonchev–Trinajstić information content (AvgIpc) is 3.69. The topological polar surface area (TPSA) is 127 Å². The Kier molecular flexibility index (Phi) is 10.1. The average molecular weight is 522 g/mol. The molecule has 1 saturated carbocycles. The summed E-state index contributed by atoms with van der Waals surface area (Å²) < 4.78 is 2.06. The van der Waals surface area contributed by atoms with Gasteiger partial charge in [-0.2, -0.15) is 0 Å². The summed E-state index contributed by atoms with van der Waals surface area (Å²) in [4.78, 5) is 36.6. The van der Waals surface area contributed by atoms with Crippen LogP contribution in [0.2, 0.25) is 5.02 Å². The van der Waals surface area contributed by atoms with Crippen molar-refractivity contribution in [3.63, 3.8) is 0 Å². The molecule has 1 aliphatic rings. The second-order valence-electron chi connectivity index (χ2n) is 8.06. The van der Waals surface area contributed by atoms with E-state index >= 15 is 0 Å². The molecule has 37 heavy (non-hydrogen) atoms. The van der Waals surface area contributed by atoms with Crippen LogP contribution in [0.15, 0.2) is 55.1 Å². The van der Waals surface area contributed by atoms with Gasteiger partial charge in [-0.15, -0.1) is 0 Å². The largest absolute Gasteiger partial charge is 0.364 e. The third-order valence-corrected chi connectivity index (χ3v) is 5.78. The van der Waals surface area contributed by atoms with Crippen molar-refractivity contribution < 1.29 is 9.59 Å². The number of rotatable bonds is 8. The standard InChI is InChI=1S/C24H21ClN6O2.C2H6.CH5N/c25-19-5-3-17(13-32)18(7-19)8-24(33)30-22-9-21(27-14-28-22)26-10-20-12-31-11-16(15-1-2-15)4-6-23(31)29-20;2*1-2/h3-7,9,11-15H,1-2,8,10H2,(H2,26,27,28,30,33);1-2H3;2H2,1H3. The van der Waals surface area contributed by atoms with Crippen LogP contribution in [0.3, 0.4) is 0 Å². The van der Waals surface area contributed by atoms with E-state index in [0.29, 0.717) is 46.5 Å². The Morgan fingerprint density at radius 2 is 1.86 bits per heavy atom. The van der Waals surface area contributed by atoms with E-state index in [1.165, 1.54) is 31.8 Å². The quantitative estimate of drug-likeness (QED) is 0.282. The van der Waals surface area contributed by atoms with Crippen LogP contribution in [-0.4, -0.2) is 38.6 Å². The van der Waals surface area contributed by atoms with Gasteiger partial charge in [0.2, 0.25) is 5.91 Å². The molecule has 4 aromatic rings. The van der Waals surface area contributed by atoms with Crippen LogP contribution in [0.25, 0.3) is 5.65 Å². The Bertz CT molecular complexity index is 1350. The van der Waals surface area contributed by atoms with E-state index in [9.17, 15) is 9.59 Å². The number of pyridine rings is 1. The number of amides is 1. The molecule has 0 aliphatic heterocycles. The van der Waals surface area contributed by atoms with Gasteiger partial charge in [0.25, 0.3) is 0 Å². The number of nitrogens with one attached hydrogen (secondary N) is 2. The van der Waals surface area contributed by atoms with E-state index < -0.39 is 0 Å². The molecule has 10 heteroatoms. The maximum atomic E-state index is 12.5. The van der Waals surface area contributed by atoms with Crippen LogP contribution in [0.4, 0.5) is 11.6 Å². The molecule has 0 spiro atoms. The van der Waals surface area contributed by atoms with Crippen molar-refractivity contribution in [2.75, 3.05) is 17.7 Å². The van der Waals surface area contributed by atoms with E-state index in [4.69, 9.17) is 11.6 Å². The van der Waals surface area contributed by atoms with E-state index in [1.807, 2.05) is 26.1 Å². The van der Waals surface area contributed by atoms with Crippen molar-refractivity contribution in [1.29, 1.82) is 0 Å². The molecule has 0 unspecified atom stereocenters. The normalized spacial score (nSPS) is 12.0. The molecule has 0 bridgehead atoms. The number of hydrogen-bond acceptors (Lipinski definition) is 7. The molecule has 194 valence electrons. The molecule has 0 radical (unpaired) electrons. The number of carbonyl (C=O) groups is 2. The number of carbonyl (C=O) groups excluding carboxylic acids is 2. The van der Waals surface area contributed by atoms with Crippen molar-refractivity contribution in [2.45, 2.75) is 45.6 Å². The van der Waals surface area contributed by atoms with Crippen LogP contribution in [0, 0.1) is 0 Å². The van der Waals surface area contributed by atoms with Crippen LogP contribution < -0.4 is 16.4 Å². The maximum absolute atomic E-state index is 12.5. The number of benzene rings is 1. The zero-order valence-corrected chi connectivity index (χ0v) is 22.0. The maximum Gasteiger partial charge on any atom is 0.229 e. The molecule has 5 rings (SSSR count). The Morgan fingerprint density at radius 3 is 2.59 bits per heavy atom. The number of fused-ring (bicyclic) bond motifs is 1. The zero-order chi connectivity index (χ0) is 26.8. The van der Waals surface area contributed by atoms with Gasteiger partial charge in [-0.3, -0.25) is 9.59 Å². The number of imidazole rings is 1. The van der Waals surface area contributed by atoms with Gasteiger partial charge in [-0.05, 0) is 61.2 Å². The Hall–Kier alpha value is -3.82. The van der Waals surface area contributed by atoms with Gasteiger partial charge in [-0.25, -0.2) is 15.0 Å².